The highest BCUT2D eigenvalue weighted by molar-refractivity contribution is 6.39. The summed E-state index contributed by atoms with van der Waals surface area (Å²) >= 11 is 0. The van der Waals surface area contributed by atoms with Gasteiger partial charge in [0, 0.05) is 18.8 Å². The van der Waals surface area contributed by atoms with E-state index in [-0.39, 0.29) is 0 Å². The number of carbonyl (C=O) groups excluding carboxylic acids is 2. The topological polar surface area (TPSA) is 49.4 Å². The third-order valence-corrected chi connectivity index (χ3v) is 4.32. The van der Waals surface area contributed by atoms with Crippen LogP contribution in [0.5, 0.6) is 0 Å². The van der Waals surface area contributed by atoms with Gasteiger partial charge in [-0.3, -0.25) is 9.59 Å². The second-order valence-corrected chi connectivity index (χ2v) is 5.82. The summed E-state index contributed by atoms with van der Waals surface area (Å²) in [6.07, 6.45) is 5.94. The number of anilines is 1. The van der Waals surface area contributed by atoms with Crippen molar-refractivity contribution in [1.29, 1.82) is 0 Å². The molecule has 1 aliphatic heterocycles. The molecule has 0 bridgehead atoms. The van der Waals surface area contributed by atoms with Gasteiger partial charge in [-0.05, 0) is 36.8 Å². The van der Waals surface area contributed by atoms with Crippen molar-refractivity contribution in [3.8, 4) is 0 Å². The summed E-state index contributed by atoms with van der Waals surface area (Å²) in [6, 6.07) is 6.01. The molecule has 0 radical (unpaired) electrons. The molecule has 0 aromatic heterocycles. The van der Waals surface area contributed by atoms with E-state index >= 15 is 0 Å². The Labute approximate surface area is 132 Å². The van der Waals surface area contributed by atoms with Gasteiger partial charge in [0.05, 0.1) is 0 Å². The van der Waals surface area contributed by atoms with E-state index in [1.165, 1.54) is 0 Å². The maximum atomic E-state index is 12.4. The number of hydrogen-bond donors (Lipinski definition) is 1. The van der Waals surface area contributed by atoms with Crippen molar-refractivity contribution in [1.82, 2.24) is 4.90 Å². The SMILES string of the molecule is CCc1cccc(CC)c1NC(=O)C(=O)N1CCCCCC1. The second kappa shape index (κ2) is 7.97. The Morgan fingerprint density at radius 2 is 1.55 bits per heavy atom. The molecule has 1 aliphatic rings. The van der Waals surface area contributed by atoms with Crippen molar-refractivity contribution in [3.05, 3.63) is 29.3 Å². The van der Waals surface area contributed by atoms with Crippen LogP contribution < -0.4 is 5.32 Å². The van der Waals surface area contributed by atoms with Crippen LogP contribution in [-0.4, -0.2) is 29.8 Å². The predicted molar refractivity (Wildman–Crippen MR) is 88.9 cm³/mol. The van der Waals surface area contributed by atoms with E-state index in [0.717, 1.165) is 55.3 Å². The number of rotatable bonds is 3. The zero-order chi connectivity index (χ0) is 15.9. The molecule has 1 aromatic rings. The van der Waals surface area contributed by atoms with Gasteiger partial charge in [-0.15, -0.1) is 0 Å². The Morgan fingerprint density at radius 1 is 1.00 bits per heavy atom. The molecule has 1 saturated heterocycles. The molecule has 120 valence electrons. The van der Waals surface area contributed by atoms with Crippen molar-refractivity contribution in [2.75, 3.05) is 18.4 Å². The minimum absolute atomic E-state index is 0.394. The standard InChI is InChI=1S/C18H26N2O2/c1-3-14-10-9-11-15(4-2)16(14)19-17(21)18(22)20-12-7-5-6-8-13-20/h9-11H,3-8,12-13H2,1-2H3,(H,19,21). The van der Waals surface area contributed by atoms with E-state index in [1.54, 1.807) is 4.90 Å². The van der Waals surface area contributed by atoms with Crippen LogP contribution >= 0.6 is 0 Å². The number of nitrogens with one attached hydrogen (secondary N) is 1. The van der Waals surface area contributed by atoms with Gasteiger partial charge in [0.15, 0.2) is 0 Å². The zero-order valence-electron chi connectivity index (χ0n) is 13.7. The lowest BCUT2D eigenvalue weighted by atomic mass is 10.0. The number of hydrogen-bond acceptors (Lipinski definition) is 2. The lowest BCUT2D eigenvalue weighted by Crippen LogP contribution is -2.40. The summed E-state index contributed by atoms with van der Waals surface area (Å²) < 4.78 is 0. The normalized spacial score (nSPS) is 15.3. The van der Waals surface area contributed by atoms with Crippen LogP contribution in [0.25, 0.3) is 0 Å². The van der Waals surface area contributed by atoms with Gasteiger partial charge in [0.1, 0.15) is 0 Å². The number of para-hydroxylation sites is 1. The second-order valence-electron chi connectivity index (χ2n) is 5.82. The minimum Gasteiger partial charge on any atom is -0.334 e. The summed E-state index contributed by atoms with van der Waals surface area (Å²) in [6.45, 7) is 5.51. The lowest BCUT2D eigenvalue weighted by molar-refractivity contribution is -0.143. The fourth-order valence-corrected chi connectivity index (χ4v) is 2.99. The Morgan fingerprint density at radius 3 is 2.05 bits per heavy atom. The van der Waals surface area contributed by atoms with Gasteiger partial charge in [0.25, 0.3) is 0 Å². The fourth-order valence-electron chi connectivity index (χ4n) is 2.99. The van der Waals surface area contributed by atoms with E-state index < -0.39 is 11.8 Å². The molecule has 1 N–H and O–H groups in total. The largest absolute Gasteiger partial charge is 0.334 e. The fraction of sp³-hybridized carbons (Fsp3) is 0.556. The number of benzene rings is 1. The molecule has 0 unspecified atom stereocenters. The van der Waals surface area contributed by atoms with Crippen molar-refractivity contribution < 1.29 is 9.59 Å². The van der Waals surface area contributed by atoms with Crippen molar-refractivity contribution in [2.45, 2.75) is 52.4 Å². The molecule has 2 rings (SSSR count). The molecule has 4 nitrogen and oxygen atoms in total. The Balaban J connectivity index is 2.12. The number of aryl methyl sites for hydroxylation is 2. The van der Waals surface area contributed by atoms with Crippen LogP contribution in [0.1, 0.15) is 50.7 Å². The zero-order valence-corrected chi connectivity index (χ0v) is 13.7. The molecule has 1 aromatic carbocycles. The average Bonchev–Trinajstić information content (AvgIpc) is 2.83. The lowest BCUT2D eigenvalue weighted by Gasteiger charge is -2.20. The highest BCUT2D eigenvalue weighted by atomic mass is 16.2. The first kappa shape index (κ1) is 16.5. The molecule has 22 heavy (non-hydrogen) atoms. The maximum absolute atomic E-state index is 12.4. The Hall–Kier alpha value is -1.84. The van der Waals surface area contributed by atoms with Crippen LogP contribution in [0.2, 0.25) is 0 Å². The first-order valence-corrected chi connectivity index (χ1v) is 8.38. The summed E-state index contributed by atoms with van der Waals surface area (Å²) in [5.74, 6) is -0.896. The monoisotopic (exact) mass is 302 g/mol. The average molecular weight is 302 g/mol. The Bertz CT molecular complexity index is 510. The number of carbonyl (C=O) groups is 2. The van der Waals surface area contributed by atoms with E-state index in [4.69, 9.17) is 0 Å². The molecule has 1 heterocycles. The van der Waals surface area contributed by atoms with Gasteiger partial charge in [-0.2, -0.15) is 0 Å². The molecule has 1 fully saturated rings. The molecule has 0 spiro atoms. The van der Waals surface area contributed by atoms with Crippen LogP contribution in [0.4, 0.5) is 5.69 Å². The third-order valence-electron chi connectivity index (χ3n) is 4.32. The van der Waals surface area contributed by atoms with Gasteiger partial charge >= 0.3 is 11.8 Å². The van der Waals surface area contributed by atoms with Gasteiger partial charge in [-0.25, -0.2) is 0 Å². The number of amides is 2. The summed E-state index contributed by atoms with van der Waals surface area (Å²) in [5, 5.41) is 2.87. The minimum atomic E-state index is -0.502. The van der Waals surface area contributed by atoms with Crippen molar-refractivity contribution in [2.24, 2.45) is 0 Å². The summed E-state index contributed by atoms with van der Waals surface area (Å²) in [4.78, 5) is 26.4. The molecule has 4 heteroatoms. The Kier molecular flexibility index (Phi) is 5.99. The first-order chi connectivity index (χ1) is 10.7. The van der Waals surface area contributed by atoms with Crippen molar-refractivity contribution >= 4 is 17.5 Å². The van der Waals surface area contributed by atoms with Crippen LogP contribution in [-0.2, 0) is 22.4 Å². The van der Waals surface area contributed by atoms with Gasteiger partial charge < -0.3 is 10.2 Å². The highest BCUT2D eigenvalue weighted by Crippen LogP contribution is 2.22. The molecule has 0 aliphatic carbocycles. The van der Waals surface area contributed by atoms with Gasteiger partial charge in [-0.1, -0.05) is 44.9 Å². The molecular formula is C18H26N2O2. The summed E-state index contributed by atoms with van der Waals surface area (Å²) in [5.41, 5.74) is 2.98. The smallest absolute Gasteiger partial charge is 0.313 e. The van der Waals surface area contributed by atoms with E-state index in [0.29, 0.717) is 13.1 Å². The molecule has 0 atom stereocenters. The van der Waals surface area contributed by atoms with E-state index in [1.807, 2.05) is 18.2 Å². The quantitative estimate of drug-likeness (QED) is 0.872. The highest BCUT2D eigenvalue weighted by Gasteiger charge is 2.23. The summed E-state index contributed by atoms with van der Waals surface area (Å²) in [7, 11) is 0. The number of nitrogens with zero attached hydrogens (tertiary/aromatic N) is 1. The van der Waals surface area contributed by atoms with Crippen LogP contribution in [0.3, 0.4) is 0 Å². The maximum Gasteiger partial charge on any atom is 0.313 e. The van der Waals surface area contributed by atoms with E-state index in [9.17, 15) is 9.59 Å². The number of likely N-dealkylation sites (tertiary alicyclic amines) is 1. The predicted octanol–water partition coefficient (Wildman–Crippen LogP) is 3.15. The van der Waals surface area contributed by atoms with Crippen molar-refractivity contribution in [3.63, 3.8) is 0 Å². The van der Waals surface area contributed by atoms with Crippen LogP contribution in [0, 0.1) is 0 Å². The molecule has 0 saturated carbocycles. The molecule has 2 amide bonds. The van der Waals surface area contributed by atoms with Gasteiger partial charge in [0.2, 0.25) is 0 Å². The van der Waals surface area contributed by atoms with E-state index in [2.05, 4.69) is 19.2 Å². The van der Waals surface area contributed by atoms with Crippen LogP contribution in [0.15, 0.2) is 18.2 Å². The molecular weight excluding hydrogens is 276 g/mol. The third kappa shape index (κ3) is 3.87. The first-order valence-electron chi connectivity index (χ1n) is 8.38.